The Morgan fingerprint density at radius 3 is 2.77 bits per heavy atom. The van der Waals surface area contributed by atoms with Gasteiger partial charge in [-0.3, -0.25) is 0 Å². The molecule has 0 saturated heterocycles. The van der Waals surface area contributed by atoms with Gasteiger partial charge >= 0.3 is 11.9 Å². The standard InChI is InChI=1S/C6H5F2NO3S/c1-12-5-9-3(2-13-5)6(7,8)4(10)11/h2H,1H3,(H,10,11). The molecule has 0 aliphatic carbocycles. The van der Waals surface area contributed by atoms with Gasteiger partial charge in [0, 0.05) is 5.38 Å². The first-order chi connectivity index (χ1) is 5.98. The van der Waals surface area contributed by atoms with Gasteiger partial charge < -0.3 is 9.84 Å². The fourth-order valence-corrected chi connectivity index (χ4v) is 1.27. The van der Waals surface area contributed by atoms with Gasteiger partial charge in [-0.15, -0.1) is 0 Å². The van der Waals surface area contributed by atoms with E-state index in [9.17, 15) is 13.6 Å². The number of carbonyl (C=O) groups is 1. The third kappa shape index (κ3) is 1.74. The summed E-state index contributed by atoms with van der Waals surface area (Å²) < 4.78 is 30.0. The molecule has 0 fully saturated rings. The fraction of sp³-hybridized carbons (Fsp3) is 0.333. The van der Waals surface area contributed by atoms with Crippen LogP contribution in [0.5, 0.6) is 5.19 Å². The number of halogens is 2. The van der Waals surface area contributed by atoms with Crippen molar-refractivity contribution >= 4 is 17.3 Å². The molecule has 1 rings (SSSR count). The lowest BCUT2D eigenvalue weighted by molar-refractivity contribution is -0.166. The maximum Gasteiger partial charge on any atom is 0.385 e. The van der Waals surface area contributed by atoms with Gasteiger partial charge in [-0.1, -0.05) is 11.3 Å². The molecule has 1 aromatic rings. The summed E-state index contributed by atoms with van der Waals surface area (Å²) in [5, 5.41) is 9.11. The normalized spacial score (nSPS) is 11.3. The molecule has 72 valence electrons. The number of hydrogen-bond donors (Lipinski definition) is 1. The highest BCUT2D eigenvalue weighted by atomic mass is 32.1. The van der Waals surface area contributed by atoms with Gasteiger partial charge in [0.2, 0.25) is 0 Å². The van der Waals surface area contributed by atoms with Crippen LogP contribution in [0.2, 0.25) is 0 Å². The van der Waals surface area contributed by atoms with E-state index in [-0.39, 0.29) is 5.19 Å². The van der Waals surface area contributed by atoms with Crippen molar-refractivity contribution in [3.05, 3.63) is 11.1 Å². The molecule has 0 radical (unpaired) electrons. The van der Waals surface area contributed by atoms with Crippen molar-refractivity contribution in [2.45, 2.75) is 5.92 Å². The van der Waals surface area contributed by atoms with E-state index in [1.165, 1.54) is 7.11 Å². The number of aromatic nitrogens is 1. The molecular weight excluding hydrogens is 204 g/mol. The van der Waals surface area contributed by atoms with Crippen molar-refractivity contribution < 1.29 is 23.4 Å². The van der Waals surface area contributed by atoms with Crippen LogP contribution in [-0.2, 0) is 10.7 Å². The van der Waals surface area contributed by atoms with Gasteiger partial charge in [0.05, 0.1) is 7.11 Å². The first-order valence-electron chi connectivity index (χ1n) is 3.09. The van der Waals surface area contributed by atoms with Crippen molar-refractivity contribution in [3.8, 4) is 5.19 Å². The number of alkyl halides is 2. The highest BCUT2D eigenvalue weighted by Gasteiger charge is 2.43. The molecule has 0 bridgehead atoms. The molecule has 0 unspecified atom stereocenters. The first-order valence-corrected chi connectivity index (χ1v) is 3.97. The highest BCUT2D eigenvalue weighted by molar-refractivity contribution is 7.11. The van der Waals surface area contributed by atoms with Crippen molar-refractivity contribution in [2.75, 3.05) is 7.11 Å². The Hall–Kier alpha value is -1.24. The lowest BCUT2D eigenvalue weighted by atomic mass is 10.3. The third-order valence-corrected chi connectivity index (χ3v) is 2.05. The summed E-state index contributed by atoms with van der Waals surface area (Å²) in [6.45, 7) is 0. The van der Waals surface area contributed by atoms with Crippen LogP contribution < -0.4 is 4.74 Å². The van der Waals surface area contributed by atoms with E-state index in [1.54, 1.807) is 0 Å². The number of rotatable bonds is 3. The minimum absolute atomic E-state index is 0.0101. The molecule has 4 nitrogen and oxygen atoms in total. The molecule has 0 aromatic carbocycles. The van der Waals surface area contributed by atoms with E-state index in [0.717, 1.165) is 16.7 Å². The molecule has 0 spiro atoms. The van der Waals surface area contributed by atoms with Crippen molar-refractivity contribution in [2.24, 2.45) is 0 Å². The maximum absolute atomic E-state index is 12.7. The Balaban J connectivity index is 3.00. The SMILES string of the molecule is COc1nc(C(F)(F)C(=O)O)cs1. The summed E-state index contributed by atoms with van der Waals surface area (Å²) in [5.74, 6) is -6.17. The second-order valence-corrected chi connectivity index (χ2v) is 2.90. The molecular formula is C6H5F2NO3S. The molecule has 1 N–H and O–H groups in total. The van der Waals surface area contributed by atoms with Crippen LogP contribution in [0.15, 0.2) is 5.38 Å². The number of methoxy groups -OCH3 is 1. The Labute approximate surface area is 75.8 Å². The second kappa shape index (κ2) is 3.25. The van der Waals surface area contributed by atoms with E-state index < -0.39 is 17.6 Å². The Morgan fingerprint density at radius 1 is 1.77 bits per heavy atom. The smallest absolute Gasteiger partial charge is 0.385 e. The quantitative estimate of drug-likeness (QED) is 0.815. The van der Waals surface area contributed by atoms with Crippen LogP contribution in [0, 0.1) is 0 Å². The first kappa shape index (κ1) is 9.85. The molecule has 13 heavy (non-hydrogen) atoms. The minimum Gasteiger partial charge on any atom is -0.476 e. The molecule has 0 saturated carbocycles. The van der Waals surface area contributed by atoms with Crippen LogP contribution >= 0.6 is 11.3 Å². The number of nitrogens with zero attached hydrogens (tertiary/aromatic N) is 1. The van der Waals surface area contributed by atoms with E-state index in [1.807, 2.05) is 0 Å². The maximum atomic E-state index is 12.7. The Kier molecular flexibility index (Phi) is 2.46. The minimum atomic E-state index is -3.95. The topological polar surface area (TPSA) is 59.4 Å². The highest BCUT2D eigenvalue weighted by Crippen LogP contribution is 2.31. The Bertz CT molecular complexity index is 325. The molecule has 0 atom stereocenters. The lowest BCUT2D eigenvalue weighted by Crippen LogP contribution is -2.25. The predicted octanol–water partition coefficient (Wildman–Crippen LogP) is 1.33. The summed E-state index contributed by atoms with van der Waals surface area (Å²) in [6, 6.07) is 0. The van der Waals surface area contributed by atoms with Crippen LogP contribution in [-0.4, -0.2) is 23.2 Å². The average Bonchev–Trinajstić information content (AvgIpc) is 2.51. The van der Waals surface area contributed by atoms with Gasteiger partial charge in [0.15, 0.2) is 0 Å². The van der Waals surface area contributed by atoms with Gasteiger partial charge in [-0.25, -0.2) is 9.78 Å². The van der Waals surface area contributed by atoms with Crippen molar-refractivity contribution in [1.29, 1.82) is 0 Å². The van der Waals surface area contributed by atoms with Gasteiger partial charge in [-0.2, -0.15) is 8.78 Å². The number of thiazole rings is 1. The summed E-state index contributed by atoms with van der Waals surface area (Å²) >= 11 is 0.817. The van der Waals surface area contributed by atoms with Gasteiger partial charge in [0.25, 0.3) is 5.19 Å². The van der Waals surface area contributed by atoms with Crippen LogP contribution in [0.25, 0.3) is 0 Å². The molecule has 0 amide bonds. The molecule has 7 heteroatoms. The molecule has 0 aliphatic heterocycles. The number of hydrogen-bond acceptors (Lipinski definition) is 4. The van der Waals surface area contributed by atoms with E-state index in [2.05, 4.69) is 9.72 Å². The zero-order valence-electron chi connectivity index (χ0n) is 6.45. The monoisotopic (exact) mass is 209 g/mol. The van der Waals surface area contributed by atoms with E-state index in [4.69, 9.17) is 5.11 Å². The van der Waals surface area contributed by atoms with Crippen LogP contribution in [0.1, 0.15) is 5.69 Å². The molecule has 1 heterocycles. The van der Waals surface area contributed by atoms with Gasteiger partial charge in [0.1, 0.15) is 5.69 Å². The zero-order chi connectivity index (χ0) is 10.1. The van der Waals surface area contributed by atoms with E-state index in [0.29, 0.717) is 0 Å². The molecule has 0 aliphatic rings. The van der Waals surface area contributed by atoms with Crippen molar-refractivity contribution in [3.63, 3.8) is 0 Å². The van der Waals surface area contributed by atoms with E-state index >= 15 is 0 Å². The fourth-order valence-electron chi connectivity index (χ4n) is 0.605. The summed E-state index contributed by atoms with van der Waals surface area (Å²) in [6.07, 6.45) is 0. The van der Waals surface area contributed by atoms with Crippen LogP contribution in [0.4, 0.5) is 8.78 Å². The number of aliphatic carboxylic acids is 1. The van der Waals surface area contributed by atoms with Gasteiger partial charge in [-0.05, 0) is 0 Å². The number of carboxylic acids is 1. The van der Waals surface area contributed by atoms with Crippen LogP contribution in [0.3, 0.4) is 0 Å². The Morgan fingerprint density at radius 2 is 2.38 bits per heavy atom. The zero-order valence-corrected chi connectivity index (χ0v) is 7.27. The lowest BCUT2D eigenvalue weighted by Gasteiger charge is -2.06. The molecule has 1 aromatic heterocycles. The average molecular weight is 209 g/mol. The summed E-state index contributed by atoms with van der Waals surface area (Å²) in [4.78, 5) is 13.4. The number of ether oxygens (including phenoxy) is 1. The van der Waals surface area contributed by atoms with Crippen molar-refractivity contribution in [1.82, 2.24) is 4.98 Å². The summed E-state index contributed by atoms with van der Waals surface area (Å²) in [7, 11) is 1.27. The predicted molar refractivity (Wildman–Crippen MR) is 40.2 cm³/mol. The summed E-state index contributed by atoms with van der Waals surface area (Å²) in [5.41, 5.74) is -0.804. The largest absolute Gasteiger partial charge is 0.476 e. The number of carboxylic acid groups (broad SMARTS) is 1. The second-order valence-electron chi connectivity index (χ2n) is 2.08. The third-order valence-electron chi connectivity index (χ3n) is 1.25.